The van der Waals surface area contributed by atoms with Crippen LogP contribution in [-0.2, 0) is 16.1 Å². The first kappa shape index (κ1) is 19.2. The molecule has 2 aromatic heterocycles. The van der Waals surface area contributed by atoms with Crippen LogP contribution in [-0.4, -0.2) is 44.4 Å². The van der Waals surface area contributed by atoms with Gasteiger partial charge in [0.1, 0.15) is 11.8 Å². The molecule has 0 fully saturated rings. The number of hydrogen-bond acceptors (Lipinski definition) is 7. The first-order valence-corrected chi connectivity index (χ1v) is 9.68. The molecule has 148 valence electrons. The smallest absolute Gasteiger partial charge is 0.331 e. The maximum atomic E-state index is 11.0. The van der Waals surface area contributed by atoms with Crippen LogP contribution in [0.2, 0.25) is 0 Å². The van der Waals surface area contributed by atoms with Crippen molar-refractivity contribution < 1.29 is 14.6 Å². The van der Waals surface area contributed by atoms with Gasteiger partial charge < -0.3 is 14.4 Å². The molecule has 1 aliphatic rings. The fourth-order valence-corrected chi connectivity index (χ4v) is 4.03. The number of fused-ring (bicyclic) bond motifs is 2. The second-order valence-electron chi connectivity index (χ2n) is 6.54. The first-order chi connectivity index (χ1) is 14.0. The molecular formula is C20H19N5O3S. The summed E-state index contributed by atoms with van der Waals surface area (Å²) in [5.74, 6) is -0.170. The Hall–Kier alpha value is -3.17. The minimum Gasteiger partial charge on any atom is -0.478 e. The predicted molar refractivity (Wildman–Crippen MR) is 109 cm³/mol. The van der Waals surface area contributed by atoms with E-state index in [0.29, 0.717) is 19.0 Å². The van der Waals surface area contributed by atoms with E-state index in [9.17, 15) is 4.79 Å². The molecule has 0 unspecified atom stereocenters. The lowest BCUT2D eigenvalue weighted by Crippen LogP contribution is -2.24. The second-order valence-corrected chi connectivity index (χ2v) is 7.57. The number of nitrogens with zero attached hydrogens (tertiary/aromatic N) is 5. The molecule has 1 aromatic carbocycles. The number of methoxy groups -OCH3 is 1. The molecule has 0 bridgehead atoms. The van der Waals surface area contributed by atoms with Crippen LogP contribution in [0.1, 0.15) is 18.2 Å². The molecule has 8 nitrogen and oxygen atoms in total. The molecule has 4 rings (SSSR count). The van der Waals surface area contributed by atoms with E-state index in [1.54, 1.807) is 50.6 Å². The van der Waals surface area contributed by atoms with Crippen molar-refractivity contribution in [2.75, 3.05) is 18.7 Å². The van der Waals surface area contributed by atoms with Crippen molar-refractivity contribution in [1.29, 1.82) is 0 Å². The average Bonchev–Trinajstić information content (AvgIpc) is 3.15. The maximum absolute atomic E-state index is 11.0. The van der Waals surface area contributed by atoms with Crippen molar-refractivity contribution in [3.63, 3.8) is 0 Å². The van der Waals surface area contributed by atoms with E-state index in [4.69, 9.17) is 9.84 Å². The Morgan fingerprint density at radius 2 is 2.10 bits per heavy atom. The van der Waals surface area contributed by atoms with Crippen LogP contribution in [0.5, 0.6) is 0 Å². The topological polar surface area (TPSA) is 93.4 Å². The molecule has 0 spiro atoms. The lowest BCUT2D eigenvalue weighted by atomic mass is 10.2. The minimum absolute atomic E-state index is 0.246. The molecule has 1 N–H and O–H groups in total. The van der Waals surface area contributed by atoms with Gasteiger partial charge in [-0.1, -0.05) is 17.8 Å². The largest absolute Gasteiger partial charge is 0.478 e. The van der Waals surface area contributed by atoms with Crippen LogP contribution < -0.4 is 4.90 Å². The highest BCUT2D eigenvalue weighted by atomic mass is 32.2. The third-order valence-corrected chi connectivity index (χ3v) is 5.45. The van der Waals surface area contributed by atoms with E-state index in [2.05, 4.69) is 33.2 Å². The average molecular weight is 409 g/mol. The zero-order valence-corrected chi connectivity index (χ0v) is 16.8. The van der Waals surface area contributed by atoms with E-state index in [1.807, 2.05) is 15.7 Å². The van der Waals surface area contributed by atoms with Crippen molar-refractivity contribution >= 4 is 35.3 Å². The predicted octanol–water partition coefficient (Wildman–Crippen LogP) is 3.42. The summed E-state index contributed by atoms with van der Waals surface area (Å²) in [6.07, 6.45) is 8.44. The van der Waals surface area contributed by atoms with Crippen LogP contribution >= 0.6 is 11.8 Å². The summed E-state index contributed by atoms with van der Waals surface area (Å²) in [4.78, 5) is 27.2. The van der Waals surface area contributed by atoms with Crippen LogP contribution in [0, 0.1) is 0 Å². The maximum Gasteiger partial charge on any atom is 0.331 e. The Bertz CT molecular complexity index is 1100. The standard InChI is InChI=1S/C20H19N5O3S/c1-13(20(26)27)7-15-10-24(11-23-15)9-14-3-4-17-16(8-14)25(12-28-2)18-19(29-17)22-6-5-21-18/h3-8,10-11H,9,12H2,1-2H3,(H,26,27). The molecule has 9 heteroatoms. The van der Waals surface area contributed by atoms with E-state index in [0.717, 1.165) is 27.0 Å². The van der Waals surface area contributed by atoms with E-state index < -0.39 is 5.97 Å². The van der Waals surface area contributed by atoms with Crippen LogP contribution in [0.3, 0.4) is 0 Å². The minimum atomic E-state index is -0.951. The Morgan fingerprint density at radius 1 is 1.28 bits per heavy atom. The van der Waals surface area contributed by atoms with Gasteiger partial charge in [0, 0.05) is 42.7 Å². The lowest BCUT2D eigenvalue weighted by Gasteiger charge is -2.30. The summed E-state index contributed by atoms with van der Waals surface area (Å²) in [5, 5.41) is 9.86. The fourth-order valence-electron chi connectivity index (χ4n) is 3.04. The summed E-state index contributed by atoms with van der Waals surface area (Å²) < 4.78 is 7.32. The molecule has 0 atom stereocenters. The summed E-state index contributed by atoms with van der Waals surface area (Å²) in [6, 6.07) is 6.25. The van der Waals surface area contributed by atoms with Crippen LogP contribution in [0.15, 0.2) is 58.6 Å². The van der Waals surface area contributed by atoms with E-state index in [-0.39, 0.29) is 5.57 Å². The number of carboxylic acids is 1. The van der Waals surface area contributed by atoms with Crippen molar-refractivity contribution in [1.82, 2.24) is 19.5 Å². The molecule has 3 aromatic rings. The fraction of sp³-hybridized carbons (Fsp3) is 0.200. The van der Waals surface area contributed by atoms with Gasteiger partial charge in [-0.2, -0.15) is 0 Å². The number of rotatable bonds is 6. The van der Waals surface area contributed by atoms with Gasteiger partial charge >= 0.3 is 5.97 Å². The van der Waals surface area contributed by atoms with E-state index in [1.165, 1.54) is 0 Å². The molecule has 0 radical (unpaired) electrons. The van der Waals surface area contributed by atoms with Crippen molar-refractivity contribution in [2.24, 2.45) is 0 Å². The summed E-state index contributed by atoms with van der Waals surface area (Å²) in [6.45, 7) is 2.53. The molecule has 3 heterocycles. The molecular weight excluding hydrogens is 390 g/mol. The van der Waals surface area contributed by atoms with Gasteiger partial charge in [0.2, 0.25) is 0 Å². The van der Waals surface area contributed by atoms with Gasteiger partial charge in [-0.15, -0.1) is 0 Å². The highest BCUT2D eigenvalue weighted by Crippen LogP contribution is 2.46. The quantitative estimate of drug-likeness (QED) is 0.619. The SMILES string of the molecule is COCN1c2cc(Cn3cnc(C=C(C)C(=O)O)c3)ccc2Sc2nccnc21. The molecule has 0 saturated heterocycles. The summed E-state index contributed by atoms with van der Waals surface area (Å²) in [5.41, 5.74) is 2.96. The number of anilines is 2. The van der Waals surface area contributed by atoms with Gasteiger partial charge in [-0.25, -0.2) is 19.7 Å². The zero-order chi connectivity index (χ0) is 20.4. The van der Waals surface area contributed by atoms with E-state index >= 15 is 0 Å². The van der Waals surface area contributed by atoms with Crippen molar-refractivity contribution in [3.8, 4) is 0 Å². The Morgan fingerprint density at radius 3 is 2.90 bits per heavy atom. The lowest BCUT2D eigenvalue weighted by molar-refractivity contribution is -0.132. The number of carbonyl (C=O) groups is 1. The number of ether oxygens (including phenoxy) is 1. The van der Waals surface area contributed by atoms with Gasteiger partial charge in [-0.05, 0) is 30.7 Å². The second kappa shape index (κ2) is 8.06. The number of aromatic nitrogens is 4. The van der Waals surface area contributed by atoms with Crippen molar-refractivity contribution in [2.45, 2.75) is 23.4 Å². The number of imidazole rings is 1. The van der Waals surface area contributed by atoms with Gasteiger partial charge in [0.05, 0.1) is 17.7 Å². The van der Waals surface area contributed by atoms with Crippen molar-refractivity contribution in [3.05, 3.63) is 59.9 Å². The number of aliphatic carboxylic acids is 1. The molecule has 1 aliphatic heterocycles. The Kier molecular flexibility index (Phi) is 5.32. The summed E-state index contributed by atoms with van der Waals surface area (Å²) in [7, 11) is 1.65. The van der Waals surface area contributed by atoms with Gasteiger partial charge in [-0.3, -0.25) is 4.90 Å². The molecule has 29 heavy (non-hydrogen) atoms. The summed E-state index contributed by atoms with van der Waals surface area (Å²) >= 11 is 1.59. The zero-order valence-electron chi connectivity index (χ0n) is 15.9. The van der Waals surface area contributed by atoms with Crippen LogP contribution in [0.4, 0.5) is 11.5 Å². The Labute approximate surface area is 171 Å². The first-order valence-electron chi connectivity index (χ1n) is 8.87. The third-order valence-electron chi connectivity index (χ3n) is 4.40. The molecule has 0 amide bonds. The molecule has 0 aliphatic carbocycles. The normalized spacial score (nSPS) is 13.2. The number of hydrogen-bond donors (Lipinski definition) is 1. The molecule has 0 saturated carbocycles. The monoisotopic (exact) mass is 409 g/mol. The highest BCUT2D eigenvalue weighted by Gasteiger charge is 2.25. The van der Waals surface area contributed by atoms with Crippen LogP contribution in [0.25, 0.3) is 6.08 Å². The number of benzene rings is 1. The third kappa shape index (κ3) is 4.01. The number of carboxylic acid groups (broad SMARTS) is 1. The van der Waals surface area contributed by atoms with Gasteiger partial charge in [0.15, 0.2) is 5.82 Å². The highest BCUT2D eigenvalue weighted by molar-refractivity contribution is 7.99. The van der Waals surface area contributed by atoms with Gasteiger partial charge in [0.25, 0.3) is 0 Å². The Balaban J connectivity index is 1.61.